The standard InChI is InChI=1S/C18H16F3N3O3/c19-18(20,21)10-3-14(16-6-22-9-27-16)13-1-2-23(15(13)4-10)17(25)24-7-12-5-11(24)8-26-12/h3-4,6,9,11-12H,1-2,5,7-8H2/t11-,12?/m0/s1. The van der Waals surface area contributed by atoms with Crippen LogP contribution in [0.5, 0.6) is 0 Å². The predicted molar refractivity (Wildman–Crippen MR) is 88.2 cm³/mol. The van der Waals surface area contributed by atoms with Crippen molar-refractivity contribution in [2.75, 3.05) is 24.6 Å². The molecule has 4 heterocycles. The summed E-state index contributed by atoms with van der Waals surface area (Å²) in [5.41, 5.74) is 0.496. The van der Waals surface area contributed by atoms with Crippen LogP contribution in [0.3, 0.4) is 0 Å². The van der Waals surface area contributed by atoms with Crippen molar-refractivity contribution in [3.05, 3.63) is 35.9 Å². The van der Waals surface area contributed by atoms with Crippen molar-refractivity contribution in [1.82, 2.24) is 9.88 Å². The van der Waals surface area contributed by atoms with Crippen molar-refractivity contribution in [2.24, 2.45) is 0 Å². The zero-order chi connectivity index (χ0) is 18.8. The quantitative estimate of drug-likeness (QED) is 0.763. The Kier molecular flexibility index (Phi) is 3.52. The van der Waals surface area contributed by atoms with Gasteiger partial charge in [0.2, 0.25) is 0 Å². The first-order chi connectivity index (χ1) is 12.9. The smallest absolute Gasteiger partial charge is 0.416 e. The van der Waals surface area contributed by atoms with Crippen LogP contribution in [0.15, 0.2) is 29.1 Å². The maximum Gasteiger partial charge on any atom is 0.416 e. The number of urea groups is 1. The van der Waals surface area contributed by atoms with Crippen LogP contribution in [0, 0.1) is 0 Å². The van der Waals surface area contributed by atoms with E-state index in [9.17, 15) is 18.0 Å². The summed E-state index contributed by atoms with van der Waals surface area (Å²) in [6.45, 7) is 1.32. The van der Waals surface area contributed by atoms with E-state index in [1.165, 1.54) is 17.5 Å². The molecule has 2 bridgehead atoms. The monoisotopic (exact) mass is 379 g/mol. The van der Waals surface area contributed by atoms with Gasteiger partial charge in [-0.05, 0) is 30.5 Å². The number of alkyl halides is 3. The van der Waals surface area contributed by atoms with Crippen LogP contribution >= 0.6 is 0 Å². The molecule has 5 rings (SSSR count). The van der Waals surface area contributed by atoms with Gasteiger partial charge in [0.15, 0.2) is 12.2 Å². The predicted octanol–water partition coefficient (Wildman–Crippen LogP) is 3.32. The average Bonchev–Trinajstić information content (AvgIpc) is 3.43. The Labute approximate surface area is 152 Å². The Morgan fingerprint density at radius 3 is 2.78 bits per heavy atom. The molecule has 0 N–H and O–H groups in total. The minimum Gasteiger partial charge on any atom is -0.444 e. The number of carbonyl (C=O) groups is 1. The van der Waals surface area contributed by atoms with Gasteiger partial charge in [0.1, 0.15) is 0 Å². The lowest BCUT2D eigenvalue weighted by atomic mass is 9.99. The van der Waals surface area contributed by atoms with Gasteiger partial charge in [-0.15, -0.1) is 0 Å². The van der Waals surface area contributed by atoms with Gasteiger partial charge in [-0.2, -0.15) is 13.2 Å². The summed E-state index contributed by atoms with van der Waals surface area (Å²) >= 11 is 0. The molecule has 3 aliphatic rings. The van der Waals surface area contributed by atoms with Gasteiger partial charge in [-0.3, -0.25) is 4.90 Å². The fourth-order valence-corrected chi connectivity index (χ4v) is 4.22. The second-order valence-corrected chi connectivity index (χ2v) is 7.07. The summed E-state index contributed by atoms with van der Waals surface area (Å²) in [4.78, 5) is 20.0. The number of hydrogen-bond donors (Lipinski definition) is 0. The van der Waals surface area contributed by atoms with E-state index in [2.05, 4.69) is 4.98 Å². The van der Waals surface area contributed by atoms with Gasteiger partial charge in [0.05, 0.1) is 36.2 Å². The van der Waals surface area contributed by atoms with E-state index in [0.717, 1.165) is 18.6 Å². The van der Waals surface area contributed by atoms with E-state index in [1.54, 1.807) is 4.90 Å². The lowest BCUT2D eigenvalue weighted by Gasteiger charge is -2.31. The Morgan fingerprint density at radius 1 is 1.30 bits per heavy atom. The highest BCUT2D eigenvalue weighted by molar-refractivity contribution is 5.96. The number of morpholine rings is 1. The van der Waals surface area contributed by atoms with E-state index in [-0.39, 0.29) is 23.9 Å². The molecule has 142 valence electrons. The second-order valence-electron chi connectivity index (χ2n) is 7.07. The number of anilines is 1. The molecule has 3 aliphatic heterocycles. The summed E-state index contributed by atoms with van der Waals surface area (Å²) in [6, 6.07) is 1.88. The molecule has 0 radical (unpaired) electrons. The van der Waals surface area contributed by atoms with E-state index < -0.39 is 11.7 Å². The Bertz CT molecular complexity index is 897. The molecule has 1 aromatic carbocycles. The number of nitrogens with zero attached hydrogens (tertiary/aromatic N) is 3. The number of ether oxygens (including phenoxy) is 1. The van der Waals surface area contributed by atoms with Gasteiger partial charge >= 0.3 is 12.2 Å². The summed E-state index contributed by atoms with van der Waals surface area (Å²) in [7, 11) is 0. The summed E-state index contributed by atoms with van der Waals surface area (Å²) in [5.74, 6) is 0.264. The number of halogens is 3. The number of fused-ring (bicyclic) bond motifs is 3. The van der Waals surface area contributed by atoms with Crippen molar-refractivity contribution in [3.63, 3.8) is 0 Å². The molecule has 1 aromatic heterocycles. The van der Waals surface area contributed by atoms with Crippen LogP contribution in [0.2, 0.25) is 0 Å². The third-order valence-electron chi connectivity index (χ3n) is 5.50. The molecule has 2 aromatic rings. The van der Waals surface area contributed by atoms with E-state index >= 15 is 0 Å². The Balaban J connectivity index is 1.57. The largest absolute Gasteiger partial charge is 0.444 e. The van der Waals surface area contributed by atoms with Gasteiger partial charge in [0.25, 0.3) is 0 Å². The first kappa shape index (κ1) is 16.6. The van der Waals surface area contributed by atoms with Crippen LogP contribution in [0.4, 0.5) is 23.7 Å². The minimum absolute atomic E-state index is 0.00564. The second kappa shape index (κ2) is 5.72. The number of amides is 2. The van der Waals surface area contributed by atoms with Crippen molar-refractivity contribution >= 4 is 11.7 Å². The Morgan fingerprint density at radius 2 is 2.15 bits per heavy atom. The van der Waals surface area contributed by atoms with Gasteiger partial charge in [-0.1, -0.05) is 0 Å². The van der Waals surface area contributed by atoms with Gasteiger partial charge in [0, 0.05) is 18.7 Å². The normalized spacial score (nSPS) is 24.0. The zero-order valence-electron chi connectivity index (χ0n) is 14.2. The number of hydrogen-bond acceptors (Lipinski definition) is 4. The molecule has 0 spiro atoms. The molecule has 2 saturated heterocycles. The third kappa shape index (κ3) is 2.60. The lowest BCUT2D eigenvalue weighted by Crippen LogP contribution is -2.48. The molecule has 2 atom stereocenters. The van der Waals surface area contributed by atoms with Gasteiger partial charge in [-0.25, -0.2) is 9.78 Å². The van der Waals surface area contributed by atoms with E-state index in [4.69, 9.17) is 9.15 Å². The molecule has 27 heavy (non-hydrogen) atoms. The zero-order valence-corrected chi connectivity index (χ0v) is 14.2. The highest BCUT2D eigenvalue weighted by Crippen LogP contribution is 2.43. The summed E-state index contributed by atoms with van der Waals surface area (Å²) < 4.78 is 51.1. The molecule has 0 saturated carbocycles. The summed E-state index contributed by atoms with van der Waals surface area (Å²) in [6.07, 6.45) is -0.668. The Hall–Kier alpha value is -2.55. The number of rotatable bonds is 1. The van der Waals surface area contributed by atoms with Crippen molar-refractivity contribution < 1.29 is 27.1 Å². The topological polar surface area (TPSA) is 58.8 Å². The van der Waals surface area contributed by atoms with Crippen LogP contribution in [-0.4, -0.2) is 47.8 Å². The molecular formula is C18H16F3N3O3. The van der Waals surface area contributed by atoms with Crippen molar-refractivity contribution in [1.29, 1.82) is 0 Å². The maximum absolute atomic E-state index is 13.5. The van der Waals surface area contributed by atoms with Crippen LogP contribution in [-0.2, 0) is 17.3 Å². The fourth-order valence-electron chi connectivity index (χ4n) is 4.22. The van der Waals surface area contributed by atoms with Gasteiger partial charge < -0.3 is 14.1 Å². The van der Waals surface area contributed by atoms with Crippen LogP contribution < -0.4 is 4.90 Å². The van der Waals surface area contributed by atoms with Crippen molar-refractivity contribution in [2.45, 2.75) is 31.2 Å². The molecular weight excluding hydrogens is 363 g/mol. The summed E-state index contributed by atoms with van der Waals surface area (Å²) in [5, 5.41) is 0. The number of benzene rings is 1. The molecule has 2 fully saturated rings. The molecule has 1 unspecified atom stereocenters. The van der Waals surface area contributed by atoms with Crippen molar-refractivity contribution in [3.8, 4) is 11.3 Å². The fraction of sp³-hybridized carbons (Fsp3) is 0.444. The van der Waals surface area contributed by atoms with Crippen LogP contribution in [0.25, 0.3) is 11.3 Å². The SMILES string of the molecule is O=C(N1CCc2c(-c3cnco3)cc(C(F)(F)F)cc21)N1CC2C[C@H]1CO2. The number of oxazole rings is 1. The van der Waals surface area contributed by atoms with E-state index in [0.29, 0.717) is 42.9 Å². The molecule has 9 heteroatoms. The highest BCUT2D eigenvalue weighted by atomic mass is 19.4. The maximum atomic E-state index is 13.5. The van der Waals surface area contributed by atoms with Crippen LogP contribution in [0.1, 0.15) is 17.5 Å². The third-order valence-corrected chi connectivity index (χ3v) is 5.50. The molecule has 0 aliphatic carbocycles. The molecule has 2 amide bonds. The molecule has 6 nitrogen and oxygen atoms in total. The first-order valence-electron chi connectivity index (χ1n) is 8.74. The highest BCUT2D eigenvalue weighted by Gasteiger charge is 2.44. The number of likely N-dealkylation sites (tertiary alicyclic amines) is 1. The van der Waals surface area contributed by atoms with E-state index in [1.807, 2.05) is 0 Å². The lowest BCUT2D eigenvalue weighted by molar-refractivity contribution is -0.137. The number of carbonyl (C=O) groups excluding carboxylic acids is 1. The number of aromatic nitrogens is 1. The first-order valence-corrected chi connectivity index (χ1v) is 8.74. The minimum atomic E-state index is -4.53. The average molecular weight is 379 g/mol.